The van der Waals surface area contributed by atoms with Gasteiger partial charge >= 0.3 is 0 Å². The molecule has 0 aliphatic carbocycles. The highest BCUT2D eigenvalue weighted by molar-refractivity contribution is 7.94. The lowest BCUT2D eigenvalue weighted by Gasteiger charge is -2.12. The minimum atomic E-state index is -3.62. The molecule has 0 saturated carbocycles. The molecule has 21 heavy (non-hydrogen) atoms. The van der Waals surface area contributed by atoms with Gasteiger partial charge in [-0.1, -0.05) is 6.07 Å². The van der Waals surface area contributed by atoms with Crippen LogP contribution >= 0.6 is 11.3 Å². The highest BCUT2D eigenvalue weighted by Gasteiger charge is 2.16. The molecule has 1 aromatic carbocycles. The Hall–Kier alpha value is -2.06. The van der Waals surface area contributed by atoms with Crippen molar-refractivity contribution in [1.29, 1.82) is 0 Å². The molecule has 1 amide bonds. The van der Waals surface area contributed by atoms with E-state index in [-0.39, 0.29) is 10.1 Å². The van der Waals surface area contributed by atoms with Gasteiger partial charge in [-0.2, -0.15) is 0 Å². The van der Waals surface area contributed by atoms with Crippen LogP contribution in [0.2, 0.25) is 0 Å². The Bertz CT molecular complexity index is 740. The van der Waals surface area contributed by atoms with E-state index >= 15 is 0 Å². The van der Waals surface area contributed by atoms with E-state index < -0.39 is 10.0 Å². The van der Waals surface area contributed by atoms with Crippen molar-refractivity contribution in [3.8, 4) is 5.75 Å². The van der Waals surface area contributed by atoms with E-state index in [0.29, 0.717) is 17.1 Å². The van der Waals surface area contributed by atoms with Gasteiger partial charge in [0.15, 0.2) is 0 Å². The third-order valence-electron chi connectivity index (χ3n) is 2.52. The Labute approximate surface area is 126 Å². The number of sulfonamides is 1. The van der Waals surface area contributed by atoms with Crippen molar-refractivity contribution in [2.24, 2.45) is 0 Å². The second-order valence-electron chi connectivity index (χ2n) is 4.13. The molecule has 0 aliphatic rings. The third-order valence-corrected chi connectivity index (χ3v) is 5.30. The van der Waals surface area contributed by atoms with Crippen molar-refractivity contribution in [2.45, 2.75) is 11.1 Å². The van der Waals surface area contributed by atoms with Crippen LogP contribution in [0.1, 0.15) is 6.92 Å². The first-order chi connectivity index (χ1) is 9.92. The summed E-state index contributed by atoms with van der Waals surface area (Å²) in [5, 5.41) is 4.27. The van der Waals surface area contributed by atoms with E-state index in [0.717, 1.165) is 11.3 Å². The minimum Gasteiger partial charge on any atom is -0.495 e. The number of benzene rings is 1. The topological polar surface area (TPSA) is 84.5 Å². The summed E-state index contributed by atoms with van der Waals surface area (Å²) in [7, 11) is -2.15. The lowest BCUT2D eigenvalue weighted by atomic mass is 10.2. The first-order valence-corrected chi connectivity index (χ1v) is 8.30. The van der Waals surface area contributed by atoms with Crippen molar-refractivity contribution in [2.75, 3.05) is 17.1 Å². The van der Waals surface area contributed by atoms with Gasteiger partial charge in [0, 0.05) is 6.92 Å². The molecule has 2 rings (SSSR count). The summed E-state index contributed by atoms with van der Waals surface area (Å²) in [5.74, 6) is 0.177. The summed E-state index contributed by atoms with van der Waals surface area (Å²) >= 11 is 1.13. The van der Waals surface area contributed by atoms with Crippen LogP contribution in [0.3, 0.4) is 0 Å². The molecule has 0 atom stereocenters. The highest BCUT2D eigenvalue weighted by atomic mass is 32.2. The number of carbonyl (C=O) groups is 1. The number of ether oxygens (including phenoxy) is 1. The predicted octanol–water partition coefficient (Wildman–Crippen LogP) is 2.52. The molecular weight excluding hydrogens is 312 g/mol. The molecule has 1 aromatic heterocycles. The molecule has 0 radical (unpaired) electrons. The van der Waals surface area contributed by atoms with Crippen LogP contribution in [0.5, 0.6) is 5.75 Å². The van der Waals surface area contributed by atoms with Crippen LogP contribution in [0.25, 0.3) is 0 Å². The van der Waals surface area contributed by atoms with E-state index in [1.165, 1.54) is 26.2 Å². The average molecular weight is 326 g/mol. The van der Waals surface area contributed by atoms with Gasteiger partial charge in [-0.3, -0.25) is 9.52 Å². The summed E-state index contributed by atoms with van der Waals surface area (Å²) in [5.41, 5.74) is 0.740. The largest absolute Gasteiger partial charge is 0.495 e. The van der Waals surface area contributed by atoms with Crippen LogP contribution in [-0.2, 0) is 14.8 Å². The molecule has 0 saturated heterocycles. The summed E-state index contributed by atoms with van der Waals surface area (Å²) in [6, 6.07) is 7.83. The summed E-state index contributed by atoms with van der Waals surface area (Å²) in [6.45, 7) is 1.36. The normalized spacial score (nSPS) is 11.0. The maximum absolute atomic E-state index is 12.1. The fourth-order valence-electron chi connectivity index (χ4n) is 1.68. The quantitative estimate of drug-likeness (QED) is 0.884. The zero-order chi connectivity index (χ0) is 15.5. The van der Waals surface area contributed by atoms with Gasteiger partial charge in [0.2, 0.25) is 5.91 Å². The second kappa shape index (κ2) is 6.15. The van der Waals surface area contributed by atoms with Crippen LogP contribution in [0.4, 0.5) is 11.4 Å². The molecule has 2 aromatic rings. The molecular formula is C13H14N2O4S2. The van der Waals surface area contributed by atoms with Gasteiger partial charge in [-0.05, 0) is 29.6 Å². The van der Waals surface area contributed by atoms with Gasteiger partial charge in [0.05, 0.1) is 18.5 Å². The first-order valence-electron chi connectivity index (χ1n) is 5.94. The van der Waals surface area contributed by atoms with E-state index in [1.54, 1.807) is 23.6 Å². The number of rotatable bonds is 5. The maximum atomic E-state index is 12.1. The monoisotopic (exact) mass is 326 g/mol. The zero-order valence-corrected chi connectivity index (χ0v) is 13.0. The lowest BCUT2D eigenvalue weighted by molar-refractivity contribution is -0.114. The zero-order valence-electron chi connectivity index (χ0n) is 11.4. The number of nitrogens with one attached hydrogen (secondary N) is 2. The number of hydrogen-bond acceptors (Lipinski definition) is 5. The predicted molar refractivity (Wildman–Crippen MR) is 82.4 cm³/mol. The Kier molecular flexibility index (Phi) is 4.49. The number of amides is 1. The Balaban J connectivity index is 2.31. The molecule has 8 heteroatoms. The Morgan fingerprint density at radius 1 is 1.29 bits per heavy atom. The van der Waals surface area contributed by atoms with Gasteiger partial charge in [-0.15, -0.1) is 11.3 Å². The standard InChI is InChI=1S/C13H14N2O4S2/c1-9(16)14-11-8-10(5-6-12(11)19-2)15-21(17,18)13-4-3-7-20-13/h3-8,15H,1-2H3,(H,14,16). The average Bonchev–Trinajstić information content (AvgIpc) is 2.92. The smallest absolute Gasteiger partial charge is 0.271 e. The molecule has 112 valence electrons. The van der Waals surface area contributed by atoms with Crippen LogP contribution in [-0.4, -0.2) is 21.4 Å². The number of anilines is 2. The summed E-state index contributed by atoms with van der Waals surface area (Å²) < 4.78 is 32.1. The van der Waals surface area contributed by atoms with Crippen molar-refractivity contribution < 1.29 is 17.9 Å². The van der Waals surface area contributed by atoms with Crippen LogP contribution in [0.15, 0.2) is 39.9 Å². The van der Waals surface area contributed by atoms with E-state index in [2.05, 4.69) is 10.0 Å². The molecule has 0 unspecified atom stereocenters. The maximum Gasteiger partial charge on any atom is 0.271 e. The van der Waals surface area contributed by atoms with Gasteiger partial charge < -0.3 is 10.1 Å². The molecule has 0 aliphatic heterocycles. The molecule has 0 bridgehead atoms. The van der Waals surface area contributed by atoms with Crippen molar-refractivity contribution in [3.05, 3.63) is 35.7 Å². The van der Waals surface area contributed by atoms with E-state index in [1.807, 2.05) is 0 Å². The second-order valence-corrected chi connectivity index (χ2v) is 6.99. The minimum absolute atomic E-state index is 0.222. The van der Waals surface area contributed by atoms with E-state index in [4.69, 9.17) is 4.74 Å². The Morgan fingerprint density at radius 2 is 2.05 bits per heavy atom. The van der Waals surface area contributed by atoms with Gasteiger partial charge in [0.1, 0.15) is 9.96 Å². The van der Waals surface area contributed by atoms with Crippen LogP contribution < -0.4 is 14.8 Å². The molecule has 6 nitrogen and oxygen atoms in total. The summed E-state index contributed by atoms with van der Waals surface area (Å²) in [4.78, 5) is 11.2. The van der Waals surface area contributed by atoms with Gasteiger partial charge in [-0.25, -0.2) is 8.42 Å². The number of thiophene rings is 1. The lowest BCUT2D eigenvalue weighted by Crippen LogP contribution is -2.12. The summed E-state index contributed by atoms with van der Waals surface area (Å²) in [6.07, 6.45) is 0. The molecule has 0 spiro atoms. The number of hydrogen-bond donors (Lipinski definition) is 2. The SMILES string of the molecule is COc1ccc(NS(=O)(=O)c2cccs2)cc1NC(C)=O. The first kappa shape index (κ1) is 15.3. The Morgan fingerprint density at radius 3 is 2.62 bits per heavy atom. The van der Waals surface area contributed by atoms with Gasteiger partial charge in [0.25, 0.3) is 10.0 Å². The van der Waals surface area contributed by atoms with Crippen molar-refractivity contribution in [3.63, 3.8) is 0 Å². The third kappa shape index (κ3) is 3.73. The fraction of sp³-hybridized carbons (Fsp3) is 0.154. The molecule has 0 fully saturated rings. The number of methoxy groups -OCH3 is 1. The van der Waals surface area contributed by atoms with Crippen molar-refractivity contribution in [1.82, 2.24) is 0 Å². The number of carbonyl (C=O) groups excluding carboxylic acids is 1. The highest BCUT2D eigenvalue weighted by Crippen LogP contribution is 2.29. The van der Waals surface area contributed by atoms with Crippen molar-refractivity contribution >= 4 is 38.6 Å². The van der Waals surface area contributed by atoms with Crippen LogP contribution in [0, 0.1) is 0 Å². The van der Waals surface area contributed by atoms with E-state index in [9.17, 15) is 13.2 Å². The molecule has 1 heterocycles. The fourth-order valence-corrected chi connectivity index (χ4v) is 3.72. The molecule has 2 N–H and O–H groups in total.